The van der Waals surface area contributed by atoms with Gasteiger partial charge in [-0.3, -0.25) is 0 Å². The van der Waals surface area contributed by atoms with Crippen LogP contribution in [-0.2, 0) is 38.7 Å². The number of benzene rings is 1. The van der Waals surface area contributed by atoms with E-state index in [0.717, 1.165) is 30.6 Å². The van der Waals surface area contributed by atoms with Gasteiger partial charge in [0.1, 0.15) is 25.1 Å². The summed E-state index contributed by atoms with van der Waals surface area (Å²) < 4.78 is 33.1. The first-order chi connectivity index (χ1) is 20.2. The Bertz CT molecular complexity index is 1040. The van der Waals surface area contributed by atoms with Crippen molar-refractivity contribution in [3.05, 3.63) is 78.9 Å². The number of ether oxygens (including phenoxy) is 6. The van der Waals surface area contributed by atoms with Crippen molar-refractivity contribution in [3.8, 4) is 5.75 Å². The first-order valence-corrected chi connectivity index (χ1v) is 14.7. The summed E-state index contributed by atoms with van der Waals surface area (Å²) in [6.07, 6.45) is 10.9. The van der Waals surface area contributed by atoms with E-state index in [1.807, 2.05) is 12.1 Å². The molecule has 1 saturated heterocycles. The van der Waals surface area contributed by atoms with Gasteiger partial charge in [-0.05, 0) is 42.5 Å². The molecule has 2 rings (SSSR count). The highest BCUT2D eigenvalue weighted by molar-refractivity contribution is 5.81. The van der Waals surface area contributed by atoms with Gasteiger partial charge in [0.05, 0.1) is 39.6 Å². The summed E-state index contributed by atoms with van der Waals surface area (Å²) in [5, 5.41) is 0. The van der Waals surface area contributed by atoms with Crippen molar-refractivity contribution < 1.29 is 38.0 Å². The lowest BCUT2D eigenvalue weighted by Crippen LogP contribution is -2.46. The third-order valence-corrected chi connectivity index (χ3v) is 7.24. The average Bonchev–Trinajstić information content (AvgIpc) is 2.97. The summed E-state index contributed by atoms with van der Waals surface area (Å²) in [4.78, 5) is 22.9. The topological polar surface area (TPSA) is 89.5 Å². The Hall–Kier alpha value is -3.20. The Kier molecular flexibility index (Phi) is 15.3. The first-order valence-electron chi connectivity index (χ1n) is 14.7. The number of esters is 2. The molecule has 0 aliphatic carbocycles. The molecule has 0 saturated carbocycles. The highest BCUT2D eigenvalue weighted by atomic mass is 16.6. The van der Waals surface area contributed by atoms with Gasteiger partial charge in [-0.1, -0.05) is 71.2 Å². The van der Waals surface area contributed by atoms with Crippen LogP contribution in [0.4, 0.5) is 0 Å². The lowest BCUT2D eigenvalue weighted by Gasteiger charge is -2.40. The van der Waals surface area contributed by atoms with Gasteiger partial charge in [-0.15, -0.1) is 0 Å². The van der Waals surface area contributed by atoms with E-state index in [-0.39, 0.29) is 37.3 Å². The van der Waals surface area contributed by atoms with Gasteiger partial charge >= 0.3 is 11.9 Å². The second kappa shape index (κ2) is 18.4. The molecule has 1 atom stereocenters. The number of rotatable bonds is 21. The minimum atomic E-state index is -0.502. The van der Waals surface area contributed by atoms with Crippen LogP contribution in [0.15, 0.2) is 73.4 Å². The Morgan fingerprint density at radius 1 is 1.00 bits per heavy atom. The fourth-order valence-corrected chi connectivity index (χ4v) is 4.34. The minimum absolute atomic E-state index is 0.0647. The number of hydrogen-bond donors (Lipinski definition) is 0. The fraction of sp³-hybridized carbons (Fsp3) is 0.529. The smallest absolute Gasteiger partial charge is 0.330 e. The third-order valence-electron chi connectivity index (χ3n) is 7.24. The zero-order chi connectivity index (χ0) is 30.8. The van der Waals surface area contributed by atoms with Crippen LogP contribution >= 0.6 is 0 Å². The van der Waals surface area contributed by atoms with Crippen molar-refractivity contribution >= 4 is 11.9 Å². The number of allylic oxidation sites excluding steroid dienone is 3. The molecule has 1 unspecified atom stereocenters. The molecule has 1 aromatic carbocycles. The summed E-state index contributed by atoms with van der Waals surface area (Å²) in [5.74, 6) is -0.245. The van der Waals surface area contributed by atoms with Crippen LogP contribution in [0.2, 0.25) is 0 Å². The van der Waals surface area contributed by atoms with Crippen LogP contribution in [0.5, 0.6) is 5.75 Å². The SMILES string of the molecule is C=CC(=O)OCCOc1ccc(C(C)(C)C(/C=C\CCOCC(COCC2(CC)COC2)OC(=O)C=C)=C/CC)cc1. The quantitative estimate of drug-likeness (QED) is 0.0762. The highest BCUT2D eigenvalue weighted by Gasteiger charge is 2.37. The molecule has 0 bridgehead atoms. The van der Waals surface area contributed by atoms with E-state index in [0.29, 0.717) is 38.6 Å². The standard InChI is InChI=1S/C34H48O8/c1-7-13-27(33(5,6)28-15-17-29(18-16-28)40-20-21-41-31(35)8-2)14-11-12-19-37-22-30(42-32(36)9-3)23-38-24-34(10-4)25-39-26-34/h8-9,11,13-18,30H,2-3,7,10,12,19-26H2,1,4-6H3/b14-11-,27-13+. The molecule has 1 aliphatic rings. The summed E-state index contributed by atoms with van der Waals surface area (Å²) in [7, 11) is 0. The molecule has 232 valence electrons. The molecule has 0 radical (unpaired) electrons. The molecule has 8 heteroatoms. The van der Waals surface area contributed by atoms with E-state index in [1.165, 1.54) is 5.57 Å². The largest absolute Gasteiger partial charge is 0.490 e. The van der Waals surface area contributed by atoms with Gasteiger partial charge in [0.2, 0.25) is 0 Å². The zero-order valence-electron chi connectivity index (χ0n) is 25.7. The highest BCUT2D eigenvalue weighted by Crippen LogP contribution is 2.34. The third kappa shape index (κ3) is 11.6. The van der Waals surface area contributed by atoms with Gasteiger partial charge in [0, 0.05) is 23.0 Å². The maximum absolute atomic E-state index is 11.8. The van der Waals surface area contributed by atoms with Crippen molar-refractivity contribution in [2.45, 2.75) is 58.5 Å². The monoisotopic (exact) mass is 584 g/mol. The molecule has 0 aromatic heterocycles. The summed E-state index contributed by atoms with van der Waals surface area (Å²) >= 11 is 0. The maximum Gasteiger partial charge on any atom is 0.330 e. The second-order valence-corrected chi connectivity index (χ2v) is 10.8. The Balaban J connectivity index is 1.84. The van der Waals surface area contributed by atoms with Crippen LogP contribution < -0.4 is 4.74 Å². The predicted molar refractivity (Wildman–Crippen MR) is 164 cm³/mol. The van der Waals surface area contributed by atoms with Crippen LogP contribution in [0, 0.1) is 5.41 Å². The van der Waals surface area contributed by atoms with Crippen molar-refractivity contribution in [2.75, 3.05) is 52.9 Å². The first kappa shape index (κ1) is 35.0. The number of carbonyl (C=O) groups is 2. The van der Waals surface area contributed by atoms with Crippen LogP contribution in [0.25, 0.3) is 0 Å². The van der Waals surface area contributed by atoms with Crippen LogP contribution in [0.3, 0.4) is 0 Å². The lowest BCUT2D eigenvalue weighted by atomic mass is 9.77. The summed E-state index contributed by atoms with van der Waals surface area (Å²) in [6.45, 7) is 18.9. The zero-order valence-corrected chi connectivity index (χ0v) is 25.7. The van der Waals surface area contributed by atoms with Crippen molar-refractivity contribution in [3.63, 3.8) is 0 Å². The van der Waals surface area contributed by atoms with Gasteiger partial charge in [0.25, 0.3) is 0 Å². The average molecular weight is 585 g/mol. The number of hydrogen-bond acceptors (Lipinski definition) is 8. The molecule has 42 heavy (non-hydrogen) atoms. The number of carbonyl (C=O) groups excluding carboxylic acids is 2. The van der Waals surface area contributed by atoms with E-state index >= 15 is 0 Å². The van der Waals surface area contributed by atoms with Crippen LogP contribution in [0.1, 0.15) is 52.5 Å². The minimum Gasteiger partial charge on any atom is -0.490 e. The molecular formula is C34H48O8. The normalized spacial score (nSPS) is 15.5. The predicted octanol–water partition coefficient (Wildman–Crippen LogP) is 5.91. The second-order valence-electron chi connectivity index (χ2n) is 10.8. The molecule has 0 spiro atoms. The van der Waals surface area contributed by atoms with Crippen molar-refractivity contribution in [1.29, 1.82) is 0 Å². The van der Waals surface area contributed by atoms with Crippen LogP contribution in [-0.4, -0.2) is 70.9 Å². The summed E-state index contributed by atoms with van der Waals surface area (Å²) in [5.41, 5.74) is 2.19. The molecule has 1 fully saturated rings. The maximum atomic E-state index is 11.8. The molecule has 8 nitrogen and oxygen atoms in total. The van der Waals surface area contributed by atoms with E-state index in [2.05, 4.69) is 71.2 Å². The van der Waals surface area contributed by atoms with Gasteiger partial charge in [-0.2, -0.15) is 0 Å². The van der Waals surface area contributed by atoms with Gasteiger partial charge in [-0.25, -0.2) is 9.59 Å². The lowest BCUT2D eigenvalue weighted by molar-refractivity contribution is -0.167. The Morgan fingerprint density at radius 2 is 1.69 bits per heavy atom. The fourth-order valence-electron chi connectivity index (χ4n) is 4.34. The summed E-state index contributed by atoms with van der Waals surface area (Å²) in [6, 6.07) is 7.96. The molecule has 1 heterocycles. The van der Waals surface area contributed by atoms with E-state index in [4.69, 9.17) is 28.4 Å². The van der Waals surface area contributed by atoms with E-state index < -0.39 is 18.0 Å². The molecule has 1 aliphatic heterocycles. The molecule has 1 aromatic rings. The Morgan fingerprint density at radius 3 is 2.29 bits per heavy atom. The van der Waals surface area contributed by atoms with Crippen molar-refractivity contribution in [2.24, 2.45) is 5.41 Å². The van der Waals surface area contributed by atoms with Crippen molar-refractivity contribution in [1.82, 2.24) is 0 Å². The van der Waals surface area contributed by atoms with E-state index in [9.17, 15) is 9.59 Å². The van der Waals surface area contributed by atoms with E-state index in [1.54, 1.807) is 0 Å². The molecule has 0 N–H and O–H groups in total. The van der Waals surface area contributed by atoms with Gasteiger partial charge in [0.15, 0.2) is 0 Å². The van der Waals surface area contributed by atoms with Gasteiger partial charge < -0.3 is 28.4 Å². The Labute approximate surface area is 251 Å². The molecule has 0 amide bonds. The molecular weight excluding hydrogens is 536 g/mol.